The van der Waals surface area contributed by atoms with Crippen molar-refractivity contribution in [2.24, 2.45) is 5.41 Å². The summed E-state index contributed by atoms with van der Waals surface area (Å²) >= 11 is 0. The maximum atomic E-state index is 3.24. The van der Waals surface area contributed by atoms with Gasteiger partial charge in [0.2, 0.25) is 0 Å². The molecule has 0 aromatic heterocycles. The van der Waals surface area contributed by atoms with E-state index in [9.17, 15) is 0 Å². The quantitative estimate of drug-likeness (QED) is 0.572. The van der Waals surface area contributed by atoms with Crippen LogP contribution in [0.2, 0.25) is 0 Å². The Hall–Kier alpha value is -1.24. The second kappa shape index (κ2) is 2.37. The predicted octanol–water partition coefficient (Wildman–Crippen LogP) is 2.51. The van der Waals surface area contributed by atoms with Gasteiger partial charge in [0.05, 0.1) is 0 Å². The Bertz CT molecular complexity index is 314. The van der Waals surface area contributed by atoms with Crippen LogP contribution in [0.25, 0.3) is 0 Å². The highest BCUT2D eigenvalue weighted by Gasteiger charge is 2.25. The summed E-state index contributed by atoms with van der Waals surface area (Å²) in [6.45, 7) is 4.45. The molecule has 2 rings (SSSR count). The molecule has 1 nitrogen and oxygen atoms in total. The third-order valence-corrected chi connectivity index (χ3v) is 2.36. The average Bonchev–Trinajstić information content (AvgIpc) is 2.04. The zero-order chi connectivity index (χ0) is 8.60. The van der Waals surface area contributed by atoms with E-state index >= 15 is 0 Å². The van der Waals surface area contributed by atoms with E-state index in [0.29, 0.717) is 0 Å². The number of hydrogen-bond acceptors (Lipinski definition) is 1. The summed E-state index contributed by atoms with van der Waals surface area (Å²) in [6, 6.07) is 0. The first kappa shape index (κ1) is 7.41. The van der Waals surface area contributed by atoms with E-state index in [1.165, 1.54) is 11.3 Å². The molecule has 0 saturated heterocycles. The summed E-state index contributed by atoms with van der Waals surface area (Å²) in [5.74, 6) is 0. The SMILES string of the molecule is CC1(C)C=CC=C2NC=CC=C21. The fourth-order valence-corrected chi connectivity index (χ4v) is 1.62. The molecule has 1 aliphatic heterocycles. The molecular weight excluding hydrogens is 146 g/mol. The molecule has 0 bridgehead atoms. The predicted molar refractivity (Wildman–Crippen MR) is 51.4 cm³/mol. The molecular formula is C11H13N. The second-order valence-electron chi connectivity index (χ2n) is 3.74. The molecule has 0 amide bonds. The zero-order valence-electron chi connectivity index (χ0n) is 7.46. The van der Waals surface area contributed by atoms with Crippen molar-refractivity contribution >= 4 is 0 Å². The van der Waals surface area contributed by atoms with E-state index in [1.807, 2.05) is 12.3 Å². The lowest BCUT2D eigenvalue weighted by Gasteiger charge is -2.30. The number of allylic oxidation sites excluding steroid dienone is 6. The van der Waals surface area contributed by atoms with Gasteiger partial charge in [0.15, 0.2) is 0 Å². The van der Waals surface area contributed by atoms with E-state index in [0.717, 1.165) is 0 Å². The molecule has 0 saturated carbocycles. The monoisotopic (exact) mass is 159 g/mol. The molecule has 1 heterocycles. The third-order valence-electron chi connectivity index (χ3n) is 2.36. The molecule has 0 unspecified atom stereocenters. The minimum atomic E-state index is 0.168. The first-order valence-electron chi connectivity index (χ1n) is 4.24. The standard InChI is InChI=1S/C11H13N/c1-11(2)7-3-6-10-9(11)5-4-8-12-10/h3-8,12H,1-2H3. The minimum Gasteiger partial charge on any atom is -0.361 e. The number of nitrogens with one attached hydrogen (secondary N) is 1. The van der Waals surface area contributed by atoms with Crippen molar-refractivity contribution in [2.75, 3.05) is 0 Å². The maximum absolute atomic E-state index is 3.24. The van der Waals surface area contributed by atoms with Crippen molar-refractivity contribution in [3.05, 3.63) is 47.9 Å². The van der Waals surface area contributed by atoms with Crippen molar-refractivity contribution in [1.29, 1.82) is 0 Å². The summed E-state index contributed by atoms with van der Waals surface area (Å²) in [7, 11) is 0. The average molecular weight is 159 g/mol. The van der Waals surface area contributed by atoms with Crippen LogP contribution in [0.3, 0.4) is 0 Å². The number of rotatable bonds is 0. The fourth-order valence-electron chi connectivity index (χ4n) is 1.62. The highest BCUT2D eigenvalue weighted by molar-refractivity contribution is 5.47. The van der Waals surface area contributed by atoms with Crippen LogP contribution in [0.5, 0.6) is 0 Å². The van der Waals surface area contributed by atoms with Gasteiger partial charge in [-0.3, -0.25) is 0 Å². The molecule has 12 heavy (non-hydrogen) atoms. The van der Waals surface area contributed by atoms with Crippen LogP contribution in [0.1, 0.15) is 13.8 Å². The van der Waals surface area contributed by atoms with Crippen LogP contribution in [0.4, 0.5) is 0 Å². The largest absolute Gasteiger partial charge is 0.361 e. The van der Waals surface area contributed by atoms with E-state index in [-0.39, 0.29) is 5.41 Å². The normalized spacial score (nSPS) is 23.8. The molecule has 0 fully saturated rings. The molecule has 1 heteroatoms. The first-order chi connectivity index (χ1) is 5.70. The third kappa shape index (κ3) is 1.02. The Morgan fingerprint density at radius 3 is 2.75 bits per heavy atom. The number of hydrogen-bond donors (Lipinski definition) is 1. The van der Waals surface area contributed by atoms with E-state index in [1.54, 1.807) is 0 Å². The first-order valence-corrected chi connectivity index (χ1v) is 4.24. The van der Waals surface area contributed by atoms with Crippen LogP contribution >= 0.6 is 0 Å². The van der Waals surface area contributed by atoms with Crippen LogP contribution < -0.4 is 5.32 Å². The smallest absolute Gasteiger partial charge is 0.0420 e. The van der Waals surface area contributed by atoms with E-state index in [4.69, 9.17) is 0 Å². The van der Waals surface area contributed by atoms with Crippen molar-refractivity contribution in [1.82, 2.24) is 5.32 Å². The Morgan fingerprint density at radius 1 is 1.17 bits per heavy atom. The van der Waals surface area contributed by atoms with Gasteiger partial charge in [-0.2, -0.15) is 0 Å². The number of dihydropyridines is 1. The van der Waals surface area contributed by atoms with Gasteiger partial charge in [0.25, 0.3) is 0 Å². The number of fused-ring (bicyclic) bond motifs is 1. The summed E-state index contributed by atoms with van der Waals surface area (Å²) in [4.78, 5) is 0. The summed E-state index contributed by atoms with van der Waals surface area (Å²) in [5, 5.41) is 3.24. The molecule has 1 aliphatic carbocycles. The molecule has 0 aromatic rings. The van der Waals surface area contributed by atoms with Crippen molar-refractivity contribution < 1.29 is 0 Å². The Labute approximate surface area is 73.2 Å². The Kier molecular flexibility index (Phi) is 1.47. The van der Waals surface area contributed by atoms with Crippen LogP contribution in [-0.4, -0.2) is 0 Å². The lowest BCUT2D eigenvalue weighted by molar-refractivity contribution is 0.572. The second-order valence-corrected chi connectivity index (χ2v) is 3.74. The van der Waals surface area contributed by atoms with Crippen LogP contribution in [-0.2, 0) is 0 Å². The van der Waals surface area contributed by atoms with Crippen LogP contribution in [0.15, 0.2) is 47.9 Å². The minimum absolute atomic E-state index is 0.168. The topological polar surface area (TPSA) is 12.0 Å². The molecule has 1 N–H and O–H groups in total. The molecule has 0 spiro atoms. The maximum Gasteiger partial charge on any atom is 0.0420 e. The van der Waals surface area contributed by atoms with Gasteiger partial charge < -0.3 is 5.32 Å². The van der Waals surface area contributed by atoms with E-state index in [2.05, 4.69) is 43.5 Å². The zero-order valence-corrected chi connectivity index (χ0v) is 7.46. The van der Waals surface area contributed by atoms with Crippen molar-refractivity contribution in [3.8, 4) is 0 Å². The lowest BCUT2D eigenvalue weighted by atomic mass is 9.78. The summed E-state index contributed by atoms with van der Waals surface area (Å²) < 4.78 is 0. The van der Waals surface area contributed by atoms with Gasteiger partial charge in [-0.15, -0.1) is 0 Å². The molecule has 62 valence electrons. The molecule has 0 atom stereocenters. The van der Waals surface area contributed by atoms with Crippen LogP contribution in [0, 0.1) is 5.41 Å². The fraction of sp³-hybridized carbons (Fsp3) is 0.273. The van der Waals surface area contributed by atoms with Crippen molar-refractivity contribution in [2.45, 2.75) is 13.8 Å². The van der Waals surface area contributed by atoms with Gasteiger partial charge in [-0.25, -0.2) is 0 Å². The van der Waals surface area contributed by atoms with Gasteiger partial charge >= 0.3 is 0 Å². The summed E-state index contributed by atoms with van der Waals surface area (Å²) in [6.07, 6.45) is 12.6. The highest BCUT2D eigenvalue weighted by atomic mass is 14.9. The molecule has 2 aliphatic rings. The van der Waals surface area contributed by atoms with E-state index < -0.39 is 0 Å². The molecule has 0 aromatic carbocycles. The Morgan fingerprint density at radius 2 is 2.00 bits per heavy atom. The summed E-state index contributed by atoms with van der Waals surface area (Å²) in [5.41, 5.74) is 2.76. The van der Waals surface area contributed by atoms with Gasteiger partial charge in [-0.05, 0) is 17.7 Å². The van der Waals surface area contributed by atoms with Gasteiger partial charge in [0.1, 0.15) is 0 Å². The molecule has 0 radical (unpaired) electrons. The van der Waals surface area contributed by atoms with Gasteiger partial charge in [0, 0.05) is 17.3 Å². The Balaban J connectivity index is 2.48. The lowest BCUT2D eigenvalue weighted by Crippen LogP contribution is -2.23. The highest BCUT2D eigenvalue weighted by Crippen LogP contribution is 2.36. The van der Waals surface area contributed by atoms with Crippen molar-refractivity contribution in [3.63, 3.8) is 0 Å². The van der Waals surface area contributed by atoms with Gasteiger partial charge in [-0.1, -0.05) is 32.1 Å².